The van der Waals surface area contributed by atoms with Crippen LogP contribution in [0.3, 0.4) is 0 Å². The number of hydrogen-bond acceptors (Lipinski definition) is 6. The molecule has 5 rings (SSSR count). The summed E-state index contributed by atoms with van der Waals surface area (Å²) in [5.74, 6) is 0.0350. The minimum absolute atomic E-state index is 0.0853. The highest BCUT2D eigenvalue weighted by Crippen LogP contribution is 2.33. The van der Waals surface area contributed by atoms with Gasteiger partial charge in [0.15, 0.2) is 11.5 Å². The molecule has 0 saturated heterocycles. The molecule has 11 heteroatoms. The van der Waals surface area contributed by atoms with Gasteiger partial charge in [-0.25, -0.2) is 19.9 Å². The van der Waals surface area contributed by atoms with Gasteiger partial charge >= 0.3 is 6.18 Å². The van der Waals surface area contributed by atoms with E-state index in [-0.39, 0.29) is 11.6 Å². The molecule has 0 aliphatic heterocycles. The molecule has 3 aromatic heterocycles. The van der Waals surface area contributed by atoms with Gasteiger partial charge in [-0.3, -0.25) is 9.36 Å². The molecule has 3 heterocycles. The molecule has 0 radical (unpaired) electrons. The highest BCUT2D eigenvalue weighted by molar-refractivity contribution is 5.83. The number of hydrogen-bond donors (Lipinski definition) is 2. The van der Waals surface area contributed by atoms with E-state index in [4.69, 9.17) is 0 Å². The number of para-hydroxylation sites is 1. The van der Waals surface area contributed by atoms with E-state index in [0.29, 0.717) is 33.3 Å². The van der Waals surface area contributed by atoms with Crippen molar-refractivity contribution >= 4 is 27.9 Å². The molecule has 2 aromatic carbocycles. The third-order valence-corrected chi connectivity index (χ3v) is 5.43. The number of aromatic nitrogens is 6. The largest absolute Gasteiger partial charge is 0.391 e. The summed E-state index contributed by atoms with van der Waals surface area (Å²) in [6, 6.07) is 12.1. The van der Waals surface area contributed by atoms with Crippen LogP contribution in [0.5, 0.6) is 0 Å². The number of rotatable bonds is 5. The minimum atomic E-state index is -4.56. The van der Waals surface area contributed by atoms with Gasteiger partial charge in [-0.05, 0) is 30.7 Å². The summed E-state index contributed by atoms with van der Waals surface area (Å²) in [5, 5.41) is 3.18. The topological polar surface area (TPSA) is 101 Å². The van der Waals surface area contributed by atoms with Crippen LogP contribution in [0.4, 0.5) is 19.0 Å². The van der Waals surface area contributed by atoms with Crippen LogP contribution >= 0.6 is 0 Å². The molecule has 8 nitrogen and oxygen atoms in total. The molecule has 1 unspecified atom stereocenters. The van der Waals surface area contributed by atoms with Crippen molar-refractivity contribution in [3.8, 4) is 5.69 Å². The minimum Gasteiger partial charge on any atom is -0.358 e. The Hall–Kier alpha value is -4.28. The van der Waals surface area contributed by atoms with Crippen molar-refractivity contribution in [3.63, 3.8) is 0 Å². The number of anilines is 1. The summed E-state index contributed by atoms with van der Waals surface area (Å²) < 4.78 is 42.5. The first-order valence-electron chi connectivity index (χ1n) is 10.4. The third kappa shape index (κ3) is 3.96. The summed E-state index contributed by atoms with van der Waals surface area (Å²) in [6.45, 7) is 1.77. The van der Waals surface area contributed by atoms with E-state index in [1.807, 2.05) is 0 Å². The quantitative estimate of drug-likeness (QED) is 0.397. The van der Waals surface area contributed by atoms with Gasteiger partial charge in [0.1, 0.15) is 17.7 Å². The van der Waals surface area contributed by atoms with Gasteiger partial charge < -0.3 is 10.3 Å². The number of halogens is 3. The Balaban J connectivity index is 1.77. The van der Waals surface area contributed by atoms with Crippen molar-refractivity contribution < 1.29 is 13.2 Å². The lowest BCUT2D eigenvalue weighted by atomic mass is 10.1. The monoisotopic (exact) mass is 465 g/mol. The average Bonchev–Trinajstić information content (AvgIpc) is 3.28. The molecule has 0 spiro atoms. The first kappa shape index (κ1) is 21.6. The van der Waals surface area contributed by atoms with Crippen molar-refractivity contribution in [2.75, 3.05) is 5.32 Å². The second-order valence-electron chi connectivity index (χ2n) is 7.75. The summed E-state index contributed by atoms with van der Waals surface area (Å²) in [5.41, 5.74) is 1.60. The van der Waals surface area contributed by atoms with Crippen LogP contribution < -0.4 is 10.9 Å². The first-order valence-corrected chi connectivity index (χ1v) is 10.4. The highest BCUT2D eigenvalue weighted by Gasteiger charge is 2.36. The van der Waals surface area contributed by atoms with E-state index in [1.165, 1.54) is 17.2 Å². The Morgan fingerprint density at radius 1 is 1.06 bits per heavy atom. The van der Waals surface area contributed by atoms with Gasteiger partial charge in [0.05, 0.1) is 35.4 Å². The Morgan fingerprint density at radius 3 is 2.62 bits per heavy atom. The molecule has 172 valence electrons. The van der Waals surface area contributed by atoms with E-state index < -0.39 is 24.2 Å². The lowest BCUT2D eigenvalue weighted by Gasteiger charge is -2.24. The zero-order valence-electron chi connectivity index (χ0n) is 17.8. The van der Waals surface area contributed by atoms with Gasteiger partial charge in [-0.2, -0.15) is 13.2 Å². The fourth-order valence-electron chi connectivity index (χ4n) is 3.95. The van der Waals surface area contributed by atoms with Gasteiger partial charge in [0.25, 0.3) is 5.56 Å². The lowest BCUT2D eigenvalue weighted by molar-refractivity contribution is -0.137. The Kier molecular flexibility index (Phi) is 5.23. The molecule has 0 bridgehead atoms. The highest BCUT2D eigenvalue weighted by atomic mass is 19.4. The molecule has 0 fully saturated rings. The number of aromatic amines is 1. The maximum atomic E-state index is 13.8. The smallest absolute Gasteiger partial charge is 0.358 e. The summed E-state index contributed by atoms with van der Waals surface area (Å²) in [4.78, 5) is 33.1. The number of nitrogens with zero attached hydrogens (tertiary/aromatic N) is 5. The third-order valence-electron chi connectivity index (χ3n) is 5.43. The number of fused-ring (bicyclic) bond motifs is 2. The molecule has 5 aromatic rings. The lowest BCUT2D eigenvalue weighted by Crippen LogP contribution is -2.31. The van der Waals surface area contributed by atoms with Gasteiger partial charge in [-0.15, -0.1) is 0 Å². The molecule has 0 aliphatic carbocycles. The maximum absolute atomic E-state index is 13.8. The van der Waals surface area contributed by atoms with Crippen molar-refractivity contribution in [1.29, 1.82) is 0 Å². The Bertz CT molecular complexity index is 1540. The molecule has 0 amide bonds. The predicted octanol–water partition coefficient (Wildman–Crippen LogP) is 4.47. The van der Waals surface area contributed by atoms with E-state index in [1.54, 1.807) is 55.5 Å². The van der Waals surface area contributed by atoms with E-state index in [9.17, 15) is 18.0 Å². The van der Waals surface area contributed by atoms with Gasteiger partial charge in [0, 0.05) is 0 Å². The normalized spacial score (nSPS) is 12.8. The second-order valence-corrected chi connectivity index (χ2v) is 7.75. The van der Waals surface area contributed by atoms with Crippen molar-refractivity contribution in [3.05, 3.63) is 82.9 Å². The fraction of sp³-hybridized carbons (Fsp3) is 0.174. The zero-order valence-corrected chi connectivity index (χ0v) is 17.8. The number of H-pyrrole nitrogens is 1. The molecule has 0 aliphatic rings. The van der Waals surface area contributed by atoms with Crippen molar-refractivity contribution in [2.45, 2.75) is 25.6 Å². The number of nitrogens with one attached hydrogen (secondary N) is 2. The summed E-state index contributed by atoms with van der Waals surface area (Å²) >= 11 is 0. The van der Waals surface area contributed by atoms with E-state index >= 15 is 0 Å². The number of aryl methyl sites for hydroxylation is 1. The number of imidazole rings is 1. The van der Waals surface area contributed by atoms with Gasteiger partial charge in [-0.1, -0.05) is 30.3 Å². The van der Waals surface area contributed by atoms with Crippen molar-refractivity contribution in [2.24, 2.45) is 0 Å². The number of benzene rings is 2. The molecular formula is C23H18F3N7O. The molecule has 1 atom stereocenters. The van der Waals surface area contributed by atoms with Crippen LogP contribution in [-0.4, -0.2) is 35.7 Å². The van der Waals surface area contributed by atoms with Gasteiger partial charge in [0.2, 0.25) is 0 Å². The average molecular weight is 465 g/mol. The summed E-state index contributed by atoms with van der Waals surface area (Å²) in [7, 11) is 0. The van der Waals surface area contributed by atoms with Crippen LogP contribution in [0.2, 0.25) is 0 Å². The zero-order chi connectivity index (χ0) is 23.9. The maximum Gasteiger partial charge on any atom is 0.391 e. The molecule has 34 heavy (non-hydrogen) atoms. The van der Waals surface area contributed by atoms with Crippen LogP contribution in [0.15, 0.2) is 66.0 Å². The Labute approximate surface area is 190 Å². The van der Waals surface area contributed by atoms with Crippen LogP contribution in [0.1, 0.15) is 23.9 Å². The van der Waals surface area contributed by atoms with Crippen LogP contribution in [0, 0.1) is 6.92 Å². The SMILES string of the molecule is Cc1cccc2nc(C(CC(F)(F)F)Nc3ncnc4nc[nH]c34)n(-c3ccccc3)c(=O)c12. The van der Waals surface area contributed by atoms with E-state index in [0.717, 1.165) is 0 Å². The second kappa shape index (κ2) is 8.25. The standard InChI is InChI=1S/C23H18F3N7O/c1-13-6-5-9-15-17(13)22(34)33(14-7-3-2-4-8-14)21(32-15)16(10-23(24,25)26)31-20-18-19(28-11-27-18)29-12-30-20/h2-9,11-12,16H,10H2,1H3,(H2,27,28,29,30,31). The first-order chi connectivity index (χ1) is 16.3. The Morgan fingerprint density at radius 2 is 1.85 bits per heavy atom. The van der Waals surface area contributed by atoms with Crippen LogP contribution in [-0.2, 0) is 0 Å². The van der Waals surface area contributed by atoms with E-state index in [2.05, 4.69) is 30.2 Å². The predicted molar refractivity (Wildman–Crippen MR) is 121 cm³/mol. The fourth-order valence-corrected chi connectivity index (χ4v) is 3.95. The molecule has 2 N–H and O–H groups in total. The summed E-state index contributed by atoms with van der Waals surface area (Å²) in [6.07, 6.45) is -3.26. The van der Waals surface area contributed by atoms with Crippen LogP contribution in [0.25, 0.3) is 27.8 Å². The molecular weight excluding hydrogens is 447 g/mol. The van der Waals surface area contributed by atoms with Crippen molar-refractivity contribution in [1.82, 2.24) is 29.5 Å². The molecule has 0 saturated carbocycles. The number of alkyl halides is 3.